The zero-order valence-corrected chi connectivity index (χ0v) is 13.6. The molecule has 0 radical (unpaired) electrons. The highest BCUT2D eigenvalue weighted by atomic mass is 32.1. The largest absolute Gasteiger partial charge is 0.379 e. The van der Waals surface area contributed by atoms with Gasteiger partial charge in [0.25, 0.3) is 5.91 Å². The van der Waals surface area contributed by atoms with E-state index in [0.717, 1.165) is 24.4 Å². The monoisotopic (exact) mass is 341 g/mol. The molecule has 1 aliphatic heterocycles. The number of morpholine rings is 1. The van der Waals surface area contributed by atoms with E-state index >= 15 is 0 Å². The topological polar surface area (TPSA) is 113 Å². The molecule has 9 nitrogen and oxygen atoms in total. The summed E-state index contributed by atoms with van der Waals surface area (Å²) in [5, 5.41) is 4.32. The summed E-state index contributed by atoms with van der Waals surface area (Å²) < 4.78 is 5.23. The maximum atomic E-state index is 11.8. The van der Waals surface area contributed by atoms with Gasteiger partial charge in [-0.1, -0.05) is 0 Å². The van der Waals surface area contributed by atoms with Gasteiger partial charge < -0.3 is 10.1 Å². The molecule has 23 heavy (non-hydrogen) atoms. The molecule has 2 heterocycles. The van der Waals surface area contributed by atoms with Crippen molar-refractivity contribution in [3.05, 3.63) is 11.1 Å². The number of amides is 3. The van der Waals surface area contributed by atoms with E-state index < -0.39 is 5.91 Å². The van der Waals surface area contributed by atoms with Gasteiger partial charge in [-0.15, -0.1) is 11.3 Å². The van der Waals surface area contributed by atoms with E-state index in [0.29, 0.717) is 24.9 Å². The number of hydrogen-bond donors (Lipinski definition) is 3. The van der Waals surface area contributed by atoms with Gasteiger partial charge >= 0.3 is 0 Å². The van der Waals surface area contributed by atoms with Gasteiger partial charge in [-0.05, 0) is 0 Å². The number of nitrogens with zero attached hydrogens (tertiary/aromatic N) is 2. The molecule has 3 N–H and O–H groups in total. The fourth-order valence-corrected chi connectivity index (χ4v) is 2.66. The van der Waals surface area contributed by atoms with E-state index in [1.54, 1.807) is 0 Å². The summed E-state index contributed by atoms with van der Waals surface area (Å²) in [4.78, 5) is 40.5. The molecular formula is C13H19N5O4S. The van der Waals surface area contributed by atoms with Crippen molar-refractivity contribution in [2.45, 2.75) is 13.3 Å². The Balaban J connectivity index is 1.69. The van der Waals surface area contributed by atoms with Crippen molar-refractivity contribution in [1.29, 1.82) is 0 Å². The van der Waals surface area contributed by atoms with Gasteiger partial charge in [0.2, 0.25) is 11.8 Å². The lowest BCUT2D eigenvalue weighted by atomic mass is 10.3. The lowest BCUT2D eigenvalue weighted by Crippen LogP contribution is -2.44. The van der Waals surface area contributed by atoms with Gasteiger partial charge in [0.15, 0.2) is 5.13 Å². The number of carbonyl (C=O) groups excluding carboxylic acids is 3. The number of carbonyl (C=O) groups is 3. The van der Waals surface area contributed by atoms with E-state index in [-0.39, 0.29) is 23.9 Å². The minimum Gasteiger partial charge on any atom is -0.379 e. The lowest BCUT2D eigenvalue weighted by Gasteiger charge is -2.26. The van der Waals surface area contributed by atoms with Crippen LogP contribution in [0.1, 0.15) is 23.8 Å². The van der Waals surface area contributed by atoms with Crippen LogP contribution in [0.3, 0.4) is 0 Å². The van der Waals surface area contributed by atoms with Crippen molar-refractivity contribution in [3.63, 3.8) is 0 Å². The SMILES string of the molecule is CC(=O)Nc1nc(C(=O)NNC(=O)CCN2CCOCC2)cs1. The molecule has 0 aromatic carbocycles. The molecule has 1 aliphatic rings. The molecule has 0 unspecified atom stereocenters. The van der Waals surface area contributed by atoms with Crippen molar-refractivity contribution in [3.8, 4) is 0 Å². The normalized spacial score (nSPS) is 15.0. The zero-order chi connectivity index (χ0) is 16.7. The maximum absolute atomic E-state index is 11.8. The first-order chi connectivity index (χ1) is 11.0. The van der Waals surface area contributed by atoms with Crippen LogP contribution in [0.25, 0.3) is 0 Å². The van der Waals surface area contributed by atoms with Crippen LogP contribution in [0.15, 0.2) is 5.38 Å². The number of thiazole rings is 1. The van der Waals surface area contributed by atoms with Gasteiger partial charge in [0.05, 0.1) is 13.2 Å². The van der Waals surface area contributed by atoms with Crippen molar-refractivity contribution < 1.29 is 19.1 Å². The summed E-state index contributed by atoms with van der Waals surface area (Å²) in [5.41, 5.74) is 4.79. The summed E-state index contributed by atoms with van der Waals surface area (Å²) in [5.74, 6) is -1.07. The minimum absolute atomic E-state index is 0.132. The van der Waals surface area contributed by atoms with Gasteiger partial charge in [-0.2, -0.15) is 0 Å². The molecule has 3 amide bonds. The second kappa shape index (κ2) is 8.56. The third kappa shape index (κ3) is 5.93. The van der Waals surface area contributed by atoms with Crippen LogP contribution in [0.2, 0.25) is 0 Å². The highest BCUT2D eigenvalue weighted by Gasteiger charge is 2.14. The molecule has 0 spiro atoms. The first-order valence-electron chi connectivity index (χ1n) is 7.17. The van der Waals surface area contributed by atoms with Gasteiger partial charge in [-0.25, -0.2) is 4.98 Å². The Morgan fingerprint density at radius 2 is 2.04 bits per heavy atom. The van der Waals surface area contributed by atoms with Crippen LogP contribution >= 0.6 is 11.3 Å². The number of hydrogen-bond acceptors (Lipinski definition) is 7. The number of aromatic nitrogens is 1. The number of anilines is 1. The predicted molar refractivity (Wildman–Crippen MR) is 83.9 cm³/mol. The molecule has 0 bridgehead atoms. The van der Waals surface area contributed by atoms with Crippen molar-refractivity contribution in [2.24, 2.45) is 0 Å². The van der Waals surface area contributed by atoms with Gasteiger partial charge in [-0.3, -0.25) is 30.1 Å². The molecule has 2 rings (SSSR count). The average molecular weight is 341 g/mol. The second-order valence-corrected chi connectivity index (χ2v) is 5.78. The first kappa shape index (κ1) is 17.3. The molecule has 0 atom stereocenters. The van der Waals surface area contributed by atoms with Crippen LogP contribution < -0.4 is 16.2 Å². The van der Waals surface area contributed by atoms with Gasteiger partial charge in [0.1, 0.15) is 5.69 Å². The number of rotatable bonds is 5. The van der Waals surface area contributed by atoms with Crippen LogP contribution in [0.4, 0.5) is 5.13 Å². The van der Waals surface area contributed by atoms with Crippen molar-refractivity contribution >= 4 is 34.2 Å². The summed E-state index contributed by atoms with van der Waals surface area (Å²) in [6, 6.07) is 0. The second-order valence-electron chi connectivity index (χ2n) is 4.93. The molecular weight excluding hydrogens is 322 g/mol. The van der Waals surface area contributed by atoms with Crippen LogP contribution in [0.5, 0.6) is 0 Å². The fraction of sp³-hybridized carbons (Fsp3) is 0.538. The Labute approximate surface area is 137 Å². The molecule has 1 fully saturated rings. The zero-order valence-electron chi connectivity index (χ0n) is 12.8. The Bertz CT molecular complexity index is 570. The van der Waals surface area contributed by atoms with Gasteiger partial charge in [0, 0.05) is 38.4 Å². The van der Waals surface area contributed by atoms with Crippen molar-refractivity contribution in [2.75, 3.05) is 38.2 Å². The van der Waals surface area contributed by atoms with E-state index in [2.05, 4.69) is 26.1 Å². The third-order valence-corrected chi connectivity index (χ3v) is 3.85. The predicted octanol–water partition coefficient (Wildman–Crippen LogP) is -0.415. The first-order valence-corrected chi connectivity index (χ1v) is 8.05. The van der Waals surface area contributed by atoms with Crippen LogP contribution in [0, 0.1) is 0 Å². The molecule has 1 saturated heterocycles. The number of hydrazine groups is 1. The number of ether oxygens (including phenoxy) is 1. The molecule has 0 aliphatic carbocycles. The highest BCUT2D eigenvalue weighted by Crippen LogP contribution is 2.14. The number of nitrogens with one attached hydrogen (secondary N) is 3. The summed E-state index contributed by atoms with van der Waals surface area (Å²) in [6.07, 6.45) is 0.286. The Morgan fingerprint density at radius 1 is 1.30 bits per heavy atom. The third-order valence-electron chi connectivity index (χ3n) is 3.09. The quantitative estimate of drug-likeness (QED) is 0.627. The lowest BCUT2D eigenvalue weighted by molar-refractivity contribution is -0.122. The van der Waals surface area contributed by atoms with E-state index in [1.165, 1.54) is 12.3 Å². The van der Waals surface area contributed by atoms with E-state index in [1.807, 2.05) is 0 Å². The molecule has 10 heteroatoms. The standard InChI is InChI=1S/C13H19N5O4S/c1-9(19)14-13-15-10(8-23-13)12(21)17-16-11(20)2-3-18-4-6-22-7-5-18/h8H,2-7H2,1H3,(H,16,20)(H,17,21)(H,14,15,19). The highest BCUT2D eigenvalue weighted by molar-refractivity contribution is 7.14. The molecule has 1 aromatic heterocycles. The van der Waals surface area contributed by atoms with Crippen LogP contribution in [-0.4, -0.2) is 60.5 Å². The van der Waals surface area contributed by atoms with Crippen LogP contribution in [-0.2, 0) is 14.3 Å². The van der Waals surface area contributed by atoms with E-state index in [9.17, 15) is 14.4 Å². The summed E-state index contributed by atoms with van der Waals surface area (Å²) >= 11 is 1.13. The fourth-order valence-electron chi connectivity index (χ4n) is 1.92. The minimum atomic E-state index is -0.530. The average Bonchev–Trinajstić information content (AvgIpc) is 2.99. The maximum Gasteiger partial charge on any atom is 0.289 e. The summed E-state index contributed by atoms with van der Waals surface area (Å²) in [6.45, 7) is 4.96. The van der Waals surface area contributed by atoms with Crippen molar-refractivity contribution in [1.82, 2.24) is 20.7 Å². The molecule has 0 saturated carbocycles. The molecule has 1 aromatic rings. The smallest absolute Gasteiger partial charge is 0.289 e. The summed E-state index contributed by atoms with van der Waals surface area (Å²) in [7, 11) is 0. The Morgan fingerprint density at radius 3 is 2.74 bits per heavy atom. The Hall–Kier alpha value is -2.04. The Kier molecular flexibility index (Phi) is 6.44. The molecule has 126 valence electrons. The van der Waals surface area contributed by atoms with E-state index in [4.69, 9.17) is 4.74 Å².